The number of carbonyl (C=O) groups is 1. The van der Waals surface area contributed by atoms with Crippen molar-refractivity contribution in [2.24, 2.45) is 0 Å². The van der Waals surface area contributed by atoms with E-state index in [1.165, 1.54) is 5.56 Å². The Morgan fingerprint density at radius 3 is 3.18 bits per heavy atom. The first kappa shape index (κ1) is 11.4. The van der Waals surface area contributed by atoms with Gasteiger partial charge in [0.25, 0.3) is 0 Å². The molecule has 2 aliphatic rings. The maximum atomic E-state index is 12.3. The summed E-state index contributed by atoms with van der Waals surface area (Å²) in [4.78, 5) is 14.2. The van der Waals surface area contributed by atoms with Crippen LogP contribution in [0.1, 0.15) is 5.56 Å². The van der Waals surface area contributed by atoms with Gasteiger partial charge in [0.15, 0.2) is 0 Å². The molecule has 0 bridgehead atoms. The van der Waals surface area contributed by atoms with E-state index in [9.17, 15) is 4.79 Å². The molecule has 0 radical (unpaired) electrons. The summed E-state index contributed by atoms with van der Waals surface area (Å²) in [5, 5.41) is 3.91. The van der Waals surface area contributed by atoms with Crippen LogP contribution in [0.3, 0.4) is 0 Å². The molecule has 1 unspecified atom stereocenters. The maximum Gasteiger partial charge on any atom is 0.245 e. The second-order valence-electron chi connectivity index (χ2n) is 4.28. The molecule has 1 atom stereocenters. The summed E-state index contributed by atoms with van der Waals surface area (Å²) in [6, 6.07) is 5.76. The van der Waals surface area contributed by atoms with Gasteiger partial charge in [-0.3, -0.25) is 10.1 Å². The van der Waals surface area contributed by atoms with Crippen LogP contribution in [-0.4, -0.2) is 30.1 Å². The monoisotopic (exact) mass is 268 g/mol. The minimum absolute atomic E-state index is 0.0371. The van der Waals surface area contributed by atoms with Gasteiger partial charge in [0.1, 0.15) is 0 Å². The lowest BCUT2D eigenvalue weighted by atomic mass is 10.2. The van der Waals surface area contributed by atoms with E-state index < -0.39 is 0 Å². The molecule has 1 aromatic rings. The van der Waals surface area contributed by atoms with E-state index in [-0.39, 0.29) is 11.9 Å². The number of nitrogens with zero attached hydrogens (tertiary/aromatic N) is 1. The molecule has 1 amide bonds. The Morgan fingerprint density at radius 2 is 2.41 bits per heavy atom. The zero-order valence-electron chi connectivity index (χ0n) is 9.28. The van der Waals surface area contributed by atoms with Crippen molar-refractivity contribution in [3.05, 3.63) is 28.8 Å². The van der Waals surface area contributed by atoms with Crippen LogP contribution >= 0.6 is 23.4 Å². The molecule has 3 nitrogen and oxygen atoms in total. The third-order valence-corrected chi connectivity index (χ3v) is 4.40. The molecule has 17 heavy (non-hydrogen) atoms. The number of hydrogen-bond donors (Lipinski definition) is 1. The number of nitrogens with one attached hydrogen (secondary N) is 1. The zero-order valence-corrected chi connectivity index (χ0v) is 10.9. The summed E-state index contributed by atoms with van der Waals surface area (Å²) in [6.07, 6.45) is 0.929. The molecule has 0 spiro atoms. The molecule has 1 saturated heterocycles. The summed E-state index contributed by atoms with van der Waals surface area (Å²) in [6.45, 7) is 0.775. The standard InChI is InChI=1S/C12H13ClN2OS/c13-9-2-1-8-3-4-15(11(8)5-9)12(16)10-6-17-7-14-10/h1-2,5,10,14H,3-4,6-7H2. The third kappa shape index (κ3) is 2.05. The van der Waals surface area contributed by atoms with E-state index in [0.717, 1.165) is 30.3 Å². The Morgan fingerprint density at radius 1 is 1.53 bits per heavy atom. The first-order valence-corrected chi connectivity index (χ1v) is 7.20. The summed E-state index contributed by atoms with van der Waals surface area (Å²) < 4.78 is 0. The van der Waals surface area contributed by atoms with Crippen molar-refractivity contribution in [3.63, 3.8) is 0 Å². The van der Waals surface area contributed by atoms with E-state index in [0.29, 0.717) is 5.02 Å². The van der Waals surface area contributed by atoms with Crippen molar-refractivity contribution < 1.29 is 4.79 Å². The van der Waals surface area contributed by atoms with Crippen LogP contribution in [0.4, 0.5) is 5.69 Å². The van der Waals surface area contributed by atoms with Gasteiger partial charge in [0, 0.05) is 28.9 Å². The molecule has 1 N–H and O–H groups in total. The van der Waals surface area contributed by atoms with Gasteiger partial charge in [-0.25, -0.2) is 0 Å². The van der Waals surface area contributed by atoms with Crippen LogP contribution in [0, 0.1) is 0 Å². The summed E-state index contributed by atoms with van der Waals surface area (Å²) in [5.74, 6) is 1.91. The van der Waals surface area contributed by atoms with Crippen LogP contribution < -0.4 is 10.2 Å². The summed E-state index contributed by atoms with van der Waals surface area (Å²) in [7, 11) is 0. The van der Waals surface area contributed by atoms with Gasteiger partial charge >= 0.3 is 0 Å². The lowest BCUT2D eigenvalue weighted by Crippen LogP contribution is -2.44. The normalized spacial score (nSPS) is 22.9. The van der Waals surface area contributed by atoms with E-state index in [1.807, 2.05) is 23.1 Å². The minimum atomic E-state index is -0.0371. The Hall–Kier alpha value is -0.710. The summed E-state index contributed by atoms with van der Waals surface area (Å²) >= 11 is 7.76. The maximum absolute atomic E-state index is 12.3. The van der Waals surface area contributed by atoms with Gasteiger partial charge < -0.3 is 4.90 Å². The van der Waals surface area contributed by atoms with Gasteiger partial charge in [0.05, 0.1) is 6.04 Å². The van der Waals surface area contributed by atoms with Crippen molar-refractivity contribution in [2.45, 2.75) is 12.5 Å². The number of fused-ring (bicyclic) bond motifs is 1. The van der Waals surface area contributed by atoms with Gasteiger partial charge in [-0.1, -0.05) is 17.7 Å². The lowest BCUT2D eigenvalue weighted by Gasteiger charge is -2.21. The highest BCUT2D eigenvalue weighted by Crippen LogP contribution is 2.31. The number of halogens is 1. The van der Waals surface area contributed by atoms with Crippen molar-refractivity contribution in [1.29, 1.82) is 0 Å². The van der Waals surface area contributed by atoms with E-state index >= 15 is 0 Å². The average Bonchev–Trinajstić information content (AvgIpc) is 2.97. The minimum Gasteiger partial charge on any atom is -0.310 e. The topological polar surface area (TPSA) is 32.3 Å². The second kappa shape index (κ2) is 4.52. The van der Waals surface area contributed by atoms with Crippen molar-refractivity contribution in [3.8, 4) is 0 Å². The number of amides is 1. The molecular weight excluding hydrogens is 256 g/mol. The Balaban J connectivity index is 1.87. The molecule has 0 aromatic heterocycles. The van der Waals surface area contributed by atoms with Crippen LogP contribution in [0.5, 0.6) is 0 Å². The predicted molar refractivity (Wildman–Crippen MR) is 71.8 cm³/mol. The fourth-order valence-corrected chi connectivity index (χ4v) is 3.42. The largest absolute Gasteiger partial charge is 0.310 e. The molecule has 1 aromatic carbocycles. The number of carbonyl (C=O) groups excluding carboxylic acids is 1. The Bertz CT molecular complexity index is 460. The number of hydrogen-bond acceptors (Lipinski definition) is 3. The molecule has 0 aliphatic carbocycles. The third-order valence-electron chi connectivity index (χ3n) is 3.22. The highest BCUT2D eigenvalue weighted by atomic mass is 35.5. The first-order chi connectivity index (χ1) is 8.25. The van der Waals surface area contributed by atoms with E-state index in [4.69, 9.17) is 11.6 Å². The SMILES string of the molecule is O=C(C1CSCN1)N1CCc2ccc(Cl)cc21. The molecule has 1 fully saturated rings. The molecule has 5 heteroatoms. The fourth-order valence-electron chi connectivity index (χ4n) is 2.32. The Labute approximate surface area is 110 Å². The molecule has 2 heterocycles. The van der Waals surface area contributed by atoms with Gasteiger partial charge in [0.2, 0.25) is 5.91 Å². The smallest absolute Gasteiger partial charge is 0.245 e. The fraction of sp³-hybridized carbons (Fsp3) is 0.417. The van der Waals surface area contributed by atoms with Crippen molar-refractivity contribution >= 4 is 35.0 Å². The molecule has 90 valence electrons. The van der Waals surface area contributed by atoms with Crippen molar-refractivity contribution in [2.75, 3.05) is 23.1 Å². The van der Waals surface area contributed by atoms with E-state index in [1.54, 1.807) is 11.8 Å². The predicted octanol–water partition coefficient (Wildman–Crippen LogP) is 1.89. The van der Waals surface area contributed by atoms with Gasteiger partial charge in [-0.15, -0.1) is 11.8 Å². The molecule has 3 rings (SSSR count). The van der Waals surface area contributed by atoms with Crippen LogP contribution in [0.2, 0.25) is 5.02 Å². The molecular formula is C12H13ClN2OS. The number of anilines is 1. The van der Waals surface area contributed by atoms with Crippen LogP contribution in [0.25, 0.3) is 0 Å². The molecule has 2 aliphatic heterocycles. The zero-order chi connectivity index (χ0) is 11.8. The van der Waals surface area contributed by atoms with E-state index in [2.05, 4.69) is 5.32 Å². The number of thioether (sulfide) groups is 1. The van der Waals surface area contributed by atoms with Gasteiger partial charge in [-0.2, -0.15) is 0 Å². The highest BCUT2D eigenvalue weighted by Gasteiger charge is 2.31. The summed E-state index contributed by atoms with van der Waals surface area (Å²) in [5.41, 5.74) is 2.20. The second-order valence-corrected chi connectivity index (χ2v) is 5.75. The van der Waals surface area contributed by atoms with Crippen LogP contribution in [0.15, 0.2) is 18.2 Å². The number of rotatable bonds is 1. The lowest BCUT2D eigenvalue weighted by molar-refractivity contribution is -0.119. The first-order valence-electron chi connectivity index (χ1n) is 5.66. The molecule has 0 saturated carbocycles. The van der Waals surface area contributed by atoms with Crippen LogP contribution in [-0.2, 0) is 11.2 Å². The Kier molecular flexibility index (Phi) is 3.03. The quantitative estimate of drug-likeness (QED) is 0.844. The van der Waals surface area contributed by atoms with Gasteiger partial charge in [-0.05, 0) is 24.1 Å². The van der Waals surface area contributed by atoms with Crippen molar-refractivity contribution in [1.82, 2.24) is 5.32 Å². The highest BCUT2D eigenvalue weighted by molar-refractivity contribution is 7.99. The number of benzene rings is 1. The average molecular weight is 269 g/mol.